The van der Waals surface area contributed by atoms with Gasteiger partial charge in [-0.2, -0.15) is 0 Å². The predicted molar refractivity (Wildman–Crippen MR) is 95.3 cm³/mol. The number of benzene rings is 1. The molecule has 4 rings (SSSR count). The molecule has 0 saturated carbocycles. The van der Waals surface area contributed by atoms with Crippen molar-refractivity contribution in [1.82, 2.24) is 14.9 Å². The lowest BCUT2D eigenvalue weighted by atomic mass is 9.99. The number of hydrogen-bond donors (Lipinski definition) is 1. The Labute approximate surface area is 147 Å². The van der Waals surface area contributed by atoms with Crippen LogP contribution in [0.4, 0.5) is 10.1 Å². The van der Waals surface area contributed by atoms with E-state index in [1.807, 2.05) is 18.3 Å². The second-order valence-electron chi connectivity index (χ2n) is 6.83. The van der Waals surface area contributed by atoms with Crippen molar-refractivity contribution in [2.75, 3.05) is 37.7 Å². The number of morpholine rings is 1. The lowest BCUT2D eigenvalue weighted by molar-refractivity contribution is 0.122. The normalized spacial score (nSPS) is 20.5. The minimum Gasteiger partial charge on any atom is -0.378 e. The molecule has 0 radical (unpaired) electrons. The van der Waals surface area contributed by atoms with Gasteiger partial charge in [-0.3, -0.25) is 0 Å². The molecule has 0 amide bonds. The number of nitrogens with one attached hydrogen (secondary N) is 1. The van der Waals surface area contributed by atoms with E-state index < -0.39 is 0 Å². The Hall–Kier alpha value is -1.92. The minimum atomic E-state index is -0.144. The highest BCUT2D eigenvalue weighted by Gasteiger charge is 2.21. The Balaban J connectivity index is 1.34. The second-order valence-corrected chi connectivity index (χ2v) is 6.83. The van der Waals surface area contributed by atoms with Gasteiger partial charge in [0.05, 0.1) is 18.9 Å². The summed E-state index contributed by atoms with van der Waals surface area (Å²) in [5, 5.41) is 3.47. The van der Waals surface area contributed by atoms with Crippen LogP contribution >= 0.6 is 0 Å². The summed E-state index contributed by atoms with van der Waals surface area (Å²) in [6, 6.07) is 5.56. The fourth-order valence-electron chi connectivity index (χ4n) is 3.81. The maximum Gasteiger partial charge on any atom is 0.146 e. The van der Waals surface area contributed by atoms with E-state index in [-0.39, 0.29) is 5.82 Å². The molecule has 3 heterocycles. The molecule has 1 aromatic heterocycles. The number of imidazole rings is 1. The zero-order chi connectivity index (χ0) is 17.1. The van der Waals surface area contributed by atoms with Crippen molar-refractivity contribution in [3.63, 3.8) is 0 Å². The maximum atomic E-state index is 14.4. The fraction of sp³-hybridized carbons (Fsp3) is 0.526. The number of fused-ring (bicyclic) bond motifs is 1. The number of rotatable bonds is 5. The van der Waals surface area contributed by atoms with E-state index in [0.29, 0.717) is 31.4 Å². The van der Waals surface area contributed by atoms with E-state index in [0.717, 1.165) is 38.2 Å². The molecule has 2 aliphatic rings. The van der Waals surface area contributed by atoms with Gasteiger partial charge in [-0.25, -0.2) is 9.37 Å². The van der Waals surface area contributed by atoms with Gasteiger partial charge in [-0.05, 0) is 30.5 Å². The van der Waals surface area contributed by atoms with Crippen LogP contribution in [0, 0.1) is 5.82 Å². The zero-order valence-corrected chi connectivity index (χ0v) is 14.5. The number of hydrogen-bond acceptors (Lipinski definition) is 4. The van der Waals surface area contributed by atoms with E-state index in [9.17, 15) is 4.39 Å². The van der Waals surface area contributed by atoms with Gasteiger partial charge in [-0.1, -0.05) is 6.07 Å². The van der Waals surface area contributed by atoms with Gasteiger partial charge in [0.25, 0.3) is 0 Å². The smallest absolute Gasteiger partial charge is 0.146 e. The van der Waals surface area contributed by atoms with Crippen LogP contribution in [0.15, 0.2) is 30.6 Å². The Morgan fingerprint density at radius 2 is 2.12 bits per heavy atom. The van der Waals surface area contributed by atoms with Gasteiger partial charge < -0.3 is 19.5 Å². The average molecular weight is 344 g/mol. The molecule has 2 aromatic rings. The second kappa shape index (κ2) is 7.54. The number of aromatic nitrogens is 2. The number of aryl methyl sites for hydroxylation is 1. The maximum absolute atomic E-state index is 14.4. The van der Waals surface area contributed by atoms with E-state index in [4.69, 9.17) is 4.74 Å². The van der Waals surface area contributed by atoms with Gasteiger partial charge in [0.15, 0.2) is 0 Å². The van der Waals surface area contributed by atoms with Crippen LogP contribution in [0.3, 0.4) is 0 Å². The minimum absolute atomic E-state index is 0.144. The van der Waals surface area contributed by atoms with Crippen LogP contribution < -0.4 is 10.2 Å². The molecule has 5 nitrogen and oxygen atoms in total. The van der Waals surface area contributed by atoms with Gasteiger partial charge in [0.1, 0.15) is 11.6 Å². The number of halogens is 1. The molecule has 0 unspecified atom stereocenters. The van der Waals surface area contributed by atoms with Crippen molar-refractivity contribution in [2.45, 2.75) is 31.8 Å². The van der Waals surface area contributed by atoms with Crippen molar-refractivity contribution in [3.8, 4) is 0 Å². The van der Waals surface area contributed by atoms with Gasteiger partial charge in [-0.15, -0.1) is 0 Å². The Kier molecular flexibility index (Phi) is 4.99. The predicted octanol–water partition coefficient (Wildman–Crippen LogP) is 2.53. The van der Waals surface area contributed by atoms with Crippen LogP contribution in [-0.4, -0.2) is 42.4 Å². The average Bonchev–Trinajstić information content (AvgIpc) is 3.12. The summed E-state index contributed by atoms with van der Waals surface area (Å²) in [6.45, 7) is 5.47. The van der Waals surface area contributed by atoms with E-state index >= 15 is 0 Å². The molecule has 0 spiro atoms. The van der Waals surface area contributed by atoms with Crippen LogP contribution in [0.5, 0.6) is 0 Å². The fourth-order valence-corrected chi connectivity index (χ4v) is 3.81. The largest absolute Gasteiger partial charge is 0.378 e. The quantitative estimate of drug-likeness (QED) is 0.905. The molecular weight excluding hydrogens is 319 g/mol. The highest BCUT2D eigenvalue weighted by atomic mass is 19.1. The Bertz CT molecular complexity index is 711. The molecule has 1 aromatic carbocycles. The van der Waals surface area contributed by atoms with E-state index in [1.54, 1.807) is 6.07 Å². The third-order valence-corrected chi connectivity index (χ3v) is 5.15. The molecule has 25 heavy (non-hydrogen) atoms. The summed E-state index contributed by atoms with van der Waals surface area (Å²) in [7, 11) is 0. The van der Waals surface area contributed by atoms with Gasteiger partial charge >= 0.3 is 0 Å². The van der Waals surface area contributed by atoms with E-state index in [1.165, 1.54) is 12.2 Å². The third-order valence-electron chi connectivity index (χ3n) is 5.15. The van der Waals surface area contributed by atoms with Crippen molar-refractivity contribution < 1.29 is 9.13 Å². The van der Waals surface area contributed by atoms with Crippen molar-refractivity contribution in [2.24, 2.45) is 0 Å². The first-order valence-corrected chi connectivity index (χ1v) is 9.14. The lowest BCUT2D eigenvalue weighted by Gasteiger charge is -2.29. The molecule has 1 N–H and O–H groups in total. The summed E-state index contributed by atoms with van der Waals surface area (Å²) < 4.78 is 22.0. The van der Waals surface area contributed by atoms with Crippen LogP contribution in [0.1, 0.15) is 30.1 Å². The SMILES string of the molecule is Fc1cc(CNC[C@@H]2CCCn3ccnc32)ccc1N1CCOCC1. The van der Waals surface area contributed by atoms with Crippen LogP contribution in [0.2, 0.25) is 0 Å². The molecule has 1 fully saturated rings. The molecular formula is C19H25FN4O. The zero-order valence-electron chi connectivity index (χ0n) is 14.5. The van der Waals surface area contributed by atoms with Crippen molar-refractivity contribution >= 4 is 5.69 Å². The third kappa shape index (κ3) is 3.70. The van der Waals surface area contributed by atoms with E-state index in [2.05, 4.69) is 26.0 Å². The molecule has 1 saturated heterocycles. The topological polar surface area (TPSA) is 42.3 Å². The van der Waals surface area contributed by atoms with Gasteiger partial charge in [0.2, 0.25) is 0 Å². The number of anilines is 1. The molecule has 6 heteroatoms. The molecule has 0 bridgehead atoms. The molecule has 2 aliphatic heterocycles. The summed E-state index contributed by atoms with van der Waals surface area (Å²) in [6.07, 6.45) is 6.29. The first-order valence-electron chi connectivity index (χ1n) is 9.14. The summed E-state index contributed by atoms with van der Waals surface area (Å²) in [4.78, 5) is 6.54. The van der Waals surface area contributed by atoms with Crippen molar-refractivity contribution in [3.05, 3.63) is 47.8 Å². The summed E-state index contributed by atoms with van der Waals surface area (Å²) in [5.74, 6) is 1.48. The monoisotopic (exact) mass is 344 g/mol. The highest BCUT2D eigenvalue weighted by Crippen LogP contribution is 2.25. The van der Waals surface area contributed by atoms with Gasteiger partial charge in [0, 0.05) is 51.0 Å². The molecule has 0 aliphatic carbocycles. The van der Waals surface area contributed by atoms with Crippen LogP contribution in [0.25, 0.3) is 0 Å². The Morgan fingerprint density at radius 3 is 2.96 bits per heavy atom. The summed E-state index contributed by atoms with van der Waals surface area (Å²) in [5.41, 5.74) is 1.66. The lowest BCUT2D eigenvalue weighted by Crippen LogP contribution is -2.36. The standard InChI is InChI=1S/C19H25FN4O/c20-17-12-15(3-4-18(17)23-8-10-25-11-9-23)13-21-14-16-2-1-6-24-7-5-22-19(16)24/h3-5,7,12,16,21H,1-2,6,8-11,13-14H2/t16-/m0/s1. The first kappa shape index (κ1) is 16.5. The number of ether oxygens (including phenoxy) is 1. The first-order chi connectivity index (χ1) is 12.3. The van der Waals surface area contributed by atoms with Crippen LogP contribution in [-0.2, 0) is 17.8 Å². The molecule has 134 valence electrons. The Morgan fingerprint density at radius 1 is 1.24 bits per heavy atom. The highest BCUT2D eigenvalue weighted by molar-refractivity contribution is 5.49. The summed E-state index contributed by atoms with van der Waals surface area (Å²) >= 11 is 0. The number of nitrogens with zero attached hydrogens (tertiary/aromatic N) is 3. The van der Waals surface area contributed by atoms with Crippen molar-refractivity contribution in [1.29, 1.82) is 0 Å². The molecule has 1 atom stereocenters.